The molecule has 2 heterocycles. The number of fused-ring (bicyclic) bond motifs is 1. The summed E-state index contributed by atoms with van der Waals surface area (Å²) < 4.78 is 0. The van der Waals surface area contributed by atoms with Gasteiger partial charge in [-0.1, -0.05) is 12.2 Å². The largest absolute Gasteiger partial charge is 0.304 e. The van der Waals surface area contributed by atoms with Crippen molar-refractivity contribution in [3.8, 4) is 0 Å². The smallest absolute Gasteiger partial charge is 0.0110 e. The van der Waals surface area contributed by atoms with Crippen LogP contribution in [0.3, 0.4) is 0 Å². The predicted octanol–water partition coefficient (Wildman–Crippen LogP) is 1.52. The zero-order chi connectivity index (χ0) is 13.1. The van der Waals surface area contributed by atoms with Gasteiger partial charge in [-0.05, 0) is 51.2 Å². The molecule has 3 heteroatoms. The van der Waals surface area contributed by atoms with Crippen molar-refractivity contribution in [1.82, 2.24) is 14.7 Å². The average molecular weight is 263 g/mol. The fourth-order valence-corrected chi connectivity index (χ4v) is 3.88. The minimum atomic E-state index is 0.966. The molecule has 3 aliphatic rings. The van der Waals surface area contributed by atoms with Gasteiger partial charge in [0.25, 0.3) is 0 Å². The van der Waals surface area contributed by atoms with Gasteiger partial charge in [-0.2, -0.15) is 0 Å². The molecular formula is C16H29N3. The molecular weight excluding hydrogens is 234 g/mol. The van der Waals surface area contributed by atoms with E-state index in [1.807, 2.05) is 0 Å². The Morgan fingerprint density at radius 3 is 2.05 bits per heavy atom. The summed E-state index contributed by atoms with van der Waals surface area (Å²) in [5.41, 5.74) is 0. The van der Waals surface area contributed by atoms with E-state index in [4.69, 9.17) is 0 Å². The molecule has 1 aliphatic carbocycles. The number of likely N-dealkylation sites (N-methyl/N-ethyl adjacent to an activating group) is 1. The van der Waals surface area contributed by atoms with Crippen LogP contribution >= 0.6 is 0 Å². The van der Waals surface area contributed by atoms with E-state index in [2.05, 4.69) is 33.9 Å². The van der Waals surface area contributed by atoms with Crippen LogP contribution in [0.1, 0.15) is 19.3 Å². The van der Waals surface area contributed by atoms with Crippen molar-refractivity contribution in [1.29, 1.82) is 0 Å². The molecule has 0 amide bonds. The van der Waals surface area contributed by atoms with Gasteiger partial charge in [0.15, 0.2) is 0 Å². The van der Waals surface area contributed by atoms with E-state index >= 15 is 0 Å². The highest BCUT2D eigenvalue weighted by Gasteiger charge is 2.32. The van der Waals surface area contributed by atoms with Crippen molar-refractivity contribution in [2.24, 2.45) is 11.8 Å². The zero-order valence-electron chi connectivity index (χ0n) is 12.4. The second kappa shape index (κ2) is 6.38. The number of nitrogens with zero attached hydrogens (tertiary/aromatic N) is 3. The summed E-state index contributed by atoms with van der Waals surface area (Å²) in [4.78, 5) is 7.80. The van der Waals surface area contributed by atoms with Crippen LogP contribution in [0.4, 0.5) is 0 Å². The lowest BCUT2D eigenvalue weighted by atomic mass is 9.86. The van der Waals surface area contributed by atoms with Gasteiger partial charge in [-0.25, -0.2) is 0 Å². The van der Waals surface area contributed by atoms with E-state index in [1.54, 1.807) is 0 Å². The second-order valence-electron chi connectivity index (χ2n) is 6.72. The van der Waals surface area contributed by atoms with Crippen LogP contribution in [0, 0.1) is 11.8 Å². The Kier molecular flexibility index (Phi) is 4.57. The number of rotatable bonds is 4. The van der Waals surface area contributed by atoms with Gasteiger partial charge in [0.2, 0.25) is 0 Å². The van der Waals surface area contributed by atoms with Crippen LogP contribution in [-0.4, -0.2) is 74.1 Å². The Morgan fingerprint density at radius 2 is 1.42 bits per heavy atom. The summed E-state index contributed by atoms with van der Waals surface area (Å²) in [6, 6.07) is 0. The first-order valence-electron chi connectivity index (χ1n) is 8.09. The Bertz CT molecular complexity index is 291. The maximum atomic E-state index is 2.72. The molecule has 0 aromatic rings. The van der Waals surface area contributed by atoms with Gasteiger partial charge in [0, 0.05) is 39.3 Å². The summed E-state index contributed by atoms with van der Waals surface area (Å²) in [6.45, 7) is 10.4. The first-order valence-corrected chi connectivity index (χ1v) is 8.09. The van der Waals surface area contributed by atoms with Gasteiger partial charge in [0.05, 0.1) is 0 Å². The minimum Gasteiger partial charge on any atom is -0.304 e. The Morgan fingerprint density at radius 1 is 0.842 bits per heavy atom. The quantitative estimate of drug-likeness (QED) is 0.712. The van der Waals surface area contributed by atoms with Crippen molar-refractivity contribution in [2.45, 2.75) is 19.3 Å². The summed E-state index contributed by atoms with van der Waals surface area (Å²) in [6.07, 6.45) is 8.82. The summed E-state index contributed by atoms with van der Waals surface area (Å²) in [7, 11) is 2.23. The average Bonchev–Trinajstić information content (AvgIpc) is 2.83. The molecule has 0 bridgehead atoms. The molecule has 3 rings (SSSR count). The maximum absolute atomic E-state index is 2.72. The van der Waals surface area contributed by atoms with Crippen LogP contribution < -0.4 is 0 Å². The molecule has 0 N–H and O–H groups in total. The molecule has 0 aromatic carbocycles. The third-order valence-corrected chi connectivity index (χ3v) is 5.24. The first kappa shape index (κ1) is 13.6. The lowest BCUT2D eigenvalue weighted by molar-refractivity contribution is 0.147. The molecule has 19 heavy (non-hydrogen) atoms. The van der Waals surface area contributed by atoms with Gasteiger partial charge in [0.1, 0.15) is 0 Å². The lowest BCUT2D eigenvalue weighted by Crippen LogP contribution is -2.45. The number of piperazine rings is 1. The summed E-state index contributed by atoms with van der Waals surface area (Å²) in [5.74, 6) is 1.93. The van der Waals surface area contributed by atoms with Crippen molar-refractivity contribution in [3.05, 3.63) is 12.2 Å². The number of hydrogen-bond acceptors (Lipinski definition) is 3. The molecule has 0 spiro atoms. The van der Waals surface area contributed by atoms with E-state index in [-0.39, 0.29) is 0 Å². The van der Waals surface area contributed by atoms with Gasteiger partial charge in [-0.15, -0.1) is 0 Å². The predicted molar refractivity (Wildman–Crippen MR) is 80.3 cm³/mol. The van der Waals surface area contributed by atoms with E-state index < -0.39 is 0 Å². The van der Waals surface area contributed by atoms with E-state index in [1.165, 1.54) is 71.6 Å². The zero-order valence-corrected chi connectivity index (χ0v) is 12.4. The Labute approximate surface area is 118 Å². The van der Waals surface area contributed by atoms with Crippen LogP contribution in [-0.2, 0) is 0 Å². The standard InChI is InChI=1S/C16H29N3/c1-17-9-11-18(12-10-17)7-4-8-19-13-15-5-2-3-6-16(15)14-19/h2-3,15-16H,4-14H2,1H3/t15-,16+. The topological polar surface area (TPSA) is 9.72 Å². The number of allylic oxidation sites excluding steroid dienone is 2. The molecule has 0 saturated carbocycles. The molecule has 2 saturated heterocycles. The summed E-state index contributed by atoms with van der Waals surface area (Å²) in [5, 5.41) is 0. The van der Waals surface area contributed by atoms with Crippen LogP contribution in [0.15, 0.2) is 12.2 Å². The number of likely N-dealkylation sites (tertiary alicyclic amines) is 1. The van der Waals surface area contributed by atoms with E-state index in [0.717, 1.165) is 11.8 Å². The monoisotopic (exact) mass is 263 g/mol. The third-order valence-electron chi connectivity index (χ3n) is 5.24. The maximum Gasteiger partial charge on any atom is 0.0110 e. The highest BCUT2D eigenvalue weighted by Crippen LogP contribution is 2.32. The minimum absolute atomic E-state index is 0.966. The van der Waals surface area contributed by atoms with E-state index in [0.29, 0.717) is 0 Å². The molecule has 0 radical (unpaired) electrons. The SMILES string of the molecule is CN1CCN(CCCN2C[C@H]3CC=CC[C@H]3C2)CC1. The number of hydrogen-bond donors (Lipinski definition) is 0. The van der Waals surface area contributed by atoms with Crippen LogP contribution in [0.25, 0.3) is 0 Å². The molecule has 3 nitrogen and oxygen atoms in total. The highest BCUT2D eigenvalue weighted by molar-refractivity contribution is 4.99. The van der Waals surface area contributed by atoms with Gasteiger partial charge >= 0.3 is 0 Å². The van der Waals surface area contributed by atoms with E-state index in [9.17, 15) is 0 Å². The van der Waals surface area contributed by atoms with Crippen molar-refractivity contribution < 1.29 is 0 Å². The molecule has 108 valence electrons. The van der Waals surface area contributed by atoms with Crippen molar-refractivity contribution in [2.75, 3.05) is 59.4 Å². The third kappa shape index (κ3) is 3.59. The van der Waals surface area contributed by atoms with Gasteiger partial charge in [-0.3, -0.25) is 0 Å². The van der Waals surface area contributed by atoms with Crippen molar-refractivity contribution in [3.63, 3.8) is 0 Å². The summed E-state index contributed by atoms with van der Waals surface area (Å²) >= 11 is 0. The lowest BCUT2D eigenvalue weighted by Gasteiger charge is -2.32. The molecule has 2 fully saturated rings. The molecule has 2 atom stereocenters. The van der Waals surface area contributed by atoms with Crippen LogP contribution in [0.2, 0.25) is 0 Å². The normalized spacial score (nSPS) is 33.7. The highest BCUT2D eigenvalue weighted by atomic mass is 15.2. The fourth-order valence-electron chi connectivity index (χ4n) is 3.88. The molecule has 2 aliphatic heterocycles. The molecule has 0 aromatic heterocycles. The Balaban J connectivity index is 1.33. The van der Waals surface area contributed by atoms with Crippen LogP contribution in [0.5, 0.6) is 0 Å². The van der Waals surface area contributed by atoms with Crippen molar-refractivity contribution >= 4 is 0 Å². The van der Waals surface area contributed by atoms with Gasteiger partial charge < -0.3 is 14.7 Å². The second-order valence-corrected chi connectivity index (χ2v) is 6.72. The Hall–Kier alpha value is -0.380. The molecule has 0 unspecified atom stereocenters. The first-order chi connectivity index (χ1) is 9.31. The fraction of sp³-hybridized carbons (Fsp3) is 0.875.